The van der Waals surface area contributed by atoms with Gasteiger partial charge in [0.2, 0.25) is 0 Å². The van der Waals surface area contributed by atoms with Crippen LogP contribution in [0.5, 0.6) is 0 Å². The van der Waals surface area contributed by atoms with Crippen molar-refractivity contribution in [2.24, 2.45) is 0 Å². The van der Waals surface area contributed by atoms with Crippen molar-refractivity contribution in [2.75, 3.05) is 30.3 Å². The summed E-state index contributed by atoms with van der Waals surface area (Å²) in [6.45, 7) is 5.31. The number of pyridine rings is 1. The van der Waals surface area contributed by atoms with Gasteiger partial charge in [0.1, 0.15) is 5.82 Å². The lowest BCUT2D eigenvalue weighted by molar-refractivity contribution is 0.500. The molecule has 0 bridgehead atoms. The Morgan fingerprint density at radius 1 is 1.57 bits per heavy atom. The maximum atomic E-state index is 5.55. The number of aromatic nitrogens is 1. The van der Waals surface area contributed by atoms with Crippen LogP contribution in [-0.4, -0.2) is 30.7 Å². The van der Waals surface area contributed by atoms with E-state index >= 15 is 0 Å². The first kappa shape index (κ1) is 9.27. The van der Waals surface area contributed by atoms with E-state index in [1.165, 1.54) is 0 Å². The van der Waals surface area contributed by atoms with Crippen molar-refractivity contribution in [3.05, 3.63) is 18.3 Å². The molecule has 0 spiro atoms. The molecule has 4 nitrogen and oxygen atoms in total. The minimum atomic E-state index is 0.522. The van der Waals surface area contributed by atoms with Crippen LogP contribution in [0.1, 0.15) is 6.92 Å². The lowest BCUT2D eigenvalue weighted by atomic mass is 10.2. The second-order valence-electron chi connectivity index (χ2n) is 3.69. The molecule has 0 amide bonds. The Morgan fingerprint density at radius 3 is 3.07 bits per heavy atom. The number of nitrogens with two attached hydrogens (primary N) is 1. The highest BCUT2D eigenvalue weighted by molar-refractivity contribution is 5.49. The van der Waals surface area contributed by atoms with Crippen LogP contribution >= 0.6 is 0 Å². The Balaban J connectivity index is 2.16. The van der Waals surface area contributed by atoms with E-state index in [1.54, 1.807) is 0 Å². The highest BCUT2D eigenvalue weighted by Gasteiger charge is 2.17. The third-order valence-electron chi connectivity index (χ3n) is 2.60. The Bertz CT molecular complexity index is 295. The summed E-state index contributed by atoms with van der Waals surface area (Å²) < 4.78 is 0. The van der Waals surface area contributed by atoms with Gasteiger partial charge in [-0.2, -0.15) is 0 Å². The molecule has 1 aromatic rings. The summed E-state index contributed by atoms with van der Waals surface area (Å²) in [6, 6.07) is 4.41. The molecule has 2 heterocycles. The van der Waals surface area contributed by atoms with E-state index in [1.807, 2.05) is 18.3 Å². The van der Waals surface area contributed by atoms with Crippen LogP contribution in [-0.2, 0) is 0 Å². The molecule has 0 saturated carbocycles. The molecule has 1 atom stereocenters. The van der Waals surface area contributed by atoms with Gasteiger partial charge >= 0.3 is 0 Å². The second kappa shape index (κ2) is 3.84. The van der Waals surface area contributed by atoms with Crippen molar-refractivity contribution in [1.29, 1.82) is 0 Å². The van der Waals surface area contributed by atoms with Gasteiger partial charge < -0.3 is 16.0 Å². The van der Waals surface area contributed by atoms with Crippen LogP contribution in [0, 0.1) is 0 Å². The number of hydrogen-bond donors (Lipinski definition) is 2. The summed E-state index contributed by atoms with van der Waals surface area (Å²) in [4.78, 5) is 6.45. The molecule has 1 fully saturated rings. The molecular weight excluding hydrogens is 176 g/mol. The average Bonchev–Trinajstić information content (AvgIpc) is 2.20. The summed E-state index contributed by atoms with van der Waals surface area (Å²) in [6.07, 6.45) is 1.84. The number of rotatable bonds is 1. The highest BCUT2D eigenvalue weighted by atomic mass is 15.2. The van der Waals surface area contributed by atoms with Crippen molar-refractivity contribution in [1.82, 2.24) is 10.3 Å². The second-order valence-corrected chi connectivity index (χ2v) is 3.69. The molecule has 1 aliphatic rings. The molecule has 76 valence electrons. The summed E-state index contributed by atoms with van der Waals surface area (Å²) in [5, 5.41) is 3.36. The Hall–Kier alpha value is -1.29. The van der Waals surface area contributed by atoms with Crippen LogP contribution < -0.4 is 16.0 Å². The fourth-order valence-electron chi connectivity index (χ4n) is 1.79. The highest BCUT2D eigenvalue weighted by Crippen LogP contribution is 2.17. The minimum absolute atomic E-state index is 0.522. The van der Waals surface area contributed by atoms with E-state index in [4.69, 9.17) is 5.73 Å². The zero-order valence-corrected chi connectivity index (χ0v) is 8.40. The first-order valence-electron chi connectivity index (χ1n) is 4.96. The number of nitrogens with zero attached hydrogens (tertiary/aromatic N) is 2. The monoisotopic (exact) mass is 192 g/mol. The average molecular weight is 192 g/mol. The molecule has 0 unspecified atom stereocenters. The lowest BCUT2D eigenvalue weighted by Crippen LogP contribution is -2.49. The van der Waals surface area contributed by atoms with Gasteiger partial charge in [0, 0.05) is 25.7 Å². The largest absolute Gasteiger partial charge is 0.384 e. The van der Waals surface area contributed by atoms with Gasteiger partial charge in [-0.15, -0.1) is 0 Å². The number of hydrogen-bond acceptors (Lipinski definition) is 4. The van der Waals surface area contributed by atoms with E-state index < -0.39 is 0 Å². The molecule has 3 N–H and O–H groups in total. The van der Waals surface area contributed by atoms with Crippen molar-refractivity contribution < 1.29 is 0 Å². The third kappa shape index (κ3) is 1.80. The van der Waals surface area contributed by atoms with Crippen LogP contribution in [0.2, 0.25) is 0 Å². The molecule has 1 saturated heterocycles. The zero-order valence-electron chi connectivity index (χ0n) is 8.40. The number of anilines is 2. The van der Waals surface area contributed by atoms with Gasteiger partial charge in [0.15, 0.2) is 0 Å². The van der Waals surface area contributed by atoms with Gasteiger partial charge in [0.05, 0.1) is 11.9 Å². The predicted molar refractivity (Wildman–Crippen MR) is 58.3 cm³/mol. The van der Waals surface area contributed by atoms with E-state index in [9.17, 15) is 0 Å². The topological polar surface area (TPSA) is 54.2 Å². The molecule has 14 heavy (non-hydrogen) atoms. The smallest absolute Gasteiger partial charge is 0.123 e. The van der Waals surface area contributed by atoms with Gasteiger partial charge in [-0.3, -0.25) is 0 Å². The van der Waals surface area contributed by atoms with Gasteiger partial charge in [-0.1, -0.05) is 0 Å². The van der Waals surface area contributed by atoms with Gasteiger partial charge in [-0.25, -0.2) is 4.98 Å². The fourth-order valence-corrected chi connectivity index (χ4v) is 1.79. The first-order valence-corrected chi connectivity index (χ1v) is 4.96. The maximum Gasteiger partial charge on any atom is 0.123 e. The van der Waals surface area contributed by atoms with E-state index in [-0.39, 0.29) is 0 Å². The number of nitrogens with one attached hydrogen (secondary N) is 1. The maximum absolute atomic E-state index is 5.55. The van der Waals surface area contributed by atoms with Crippen LogP contribution in [0.3, 0.4) is 0 Å². The van der Waals surface area contributed by atoms with Crippen LogP contribution in [0.15, 0.2) is 18.3 Å². The Kier molecular flexibility index (Phi) is 2.54. The van der Waals surface area contributed by atoms with Crippen LogP contribution in [0.25, 0.3) is 0 Å². The quantitative estimate of drug-likeness (QED) is 0.679. The summed E-state index contributed by atoms with van der Waals surface area (Å²) >= 11 is 0. The molecule has 0 radical (unpaired) electrons. The lowest BCUT2D eigenvalue weighted by Gasteiger charge is -2.35. The third-order valence-corrected chi connectivity index (χ3v) is 2.60. The van der Waals surface area contributed by atoms with Gasteiger partial charge in [0.25, 0.3) is 0 Å². The summed E-state index contributed by atoms with van der Waals surface area (Å²) in [5.41, 5.74) is 6.71. The van der Waals surface area contributed by atoms with Crippen molar-refractivity contribution in [2.45, 2.75) is 13.0 Å². The molecular formula is C10H16N4. The Labute approximate surface area is 84.1 Å². The number of nitrogen functional groups attached to an aromatic ring is 1. The molecule has 2 rings (SSSR count). The van der Waals surface area contributed by atoms with Crippen molar-refractivity contribution in [3.63, 3.8) is 0 Å². The van der Waals surface area contributed by atoms with E-state index in [0.717, 1.165) is 25.3 Å². The standard InChI is InChI=1S/C10H16N4/c1-8-6-12-4-5-14(8)9-2-3-10(11)13-7-9/h2-3,7-8,12H,4-6H2,1H3,(H2,11,13)/t8-/m1/s1. The van der Waals surface area contributed by atoms with E-state index in [0.29, 0.717) is 11.9 Å². The SMILES string of the molecule is C[C@@H]1CNCCN1c1ccc(N)nc1. The summed E-state index contributed by atoms with van der Waals surface area (Å²) in [5.74, 6) is 0.580. The zero-order chi connectivity index (χ0) is 9.97. The molecule has 1 aromatic heterocycles. The normalized spacial score (nSPS) is 22.4. The predicted octanol–water partition coefficient (Wildman–Crippen LogP) is 0.462. The van der Waals surface area contributed by atoms with E-state index in [2.05, 4.69) is 22.1 Å². The summed E-state index contributed by atoms with van der Waals surface area (Å²) in [7, 11) is 0. The van der Waals surface area contributed by atoms with Crippen molar-refractivity contribution >= 4 is 11.5 Å². The molecule has 0 aromatic carbocycles. The first-order chi connectivity index (χ1) is 6.77. The fraction of sp³-hybridized carbons (Fsp3) is 0.500. The van der Waals surface area contributed by atoms with Gasteiger partial charge in [-0.05, 0) is 19.1 Å². The van der Waals surface area contributed by atoms with Crippen molar-refractivity contribution in [3.8, 4) is 0 Å². The van der Waals surface area contributed by atoms with Crippen LogP contribution in [0.4, 0.5) is 11.5 Å². The molecule has 4 heteroatoms. The Morgan fingerprint density at radius 2 is 2.43 bits per heavy atom. The number of piperazine rings is 1. The minimum Gasteiger partial charge on any atom is -0.384 e. The molecule has 1 aliphatic heterocycles. The molecule has 0 aliphatic carbocycles.